The summed E-state index contributed by atoms with van der Waals surface area (Å²) in [5.41, 5.74) is 1.13. The molecule has 2 rings (SSSR count). The summed E-state index contributed by atoms with van der Waals surface area (Å²) in [6.07, 6.45) is 1.90. The highest BCUT2D eigenvalue weighted by atomic mass is 32.1. The number of rotatable bonds is 1. The van der Waals surface area contributed by atoms with Gasteiger partial charge in [-0.25, -0.2) is 9.97 Å². The van der Waals surface area contributed by atoms with E-state index in [4.69, 9.17) is 0 Å². The van der Waals surface area contributed by atoms with Gasteiger partial charge in [0.1, 0.15) is 5.82 Å². The third kappa shape index (κ3) is 1.44. The second kappa shape index (κ2) is 3.07. The minimum absolute atomic E-state index is 0.553. The van der Waals surface area contributed by atoms with E-state index < -0.39 is 0 Å². The molecule has 0 amide bonds. The van der Waals surface area contributed by atoms with Gasteiger partial charge in [0.05, 0.1) is 5.52 Å². The lowest BCUT2D eigenvalue weighted by atomic mass is 10.1. The first-order valence-electron chi connectivity index (χ1n) is 4.39. The van der Waals surface area contributed by atoms with Crippen molar-refractivity contribution in [1.82, 2.24) is 9.97 Å². The zero-order valence-electron chi connectivity index (χ0n) is 8.03. The maximum atomic E-state index is 4.46. The number of nitrogens with zero attached hydrogens (tertiary/aromatic N) is 2. The topological polar surface area (TPSA) is 25.8 Å². The van der Waals surface area contributed by atoms with E-state index in [-0.39, 0.29) is 0 Å². The van der Waals surface area contributed by atoms with Crippen LogP contribution in [0.5, 0.6) is 0 Å². The Balaban J connectivity index is 2.71. The first-order chi connectivity index (χ1) is 6.18. The molecule has 0 unspecified atom stereocenters. The van der Waals surface area contributed by atoms with Gasteiger partial charge in [-0.2, -0.15) is 0 Å². The molecule has 0 aliphatic heterocycles. The molecule has 0 aromatic carbocycles. The standard InChI is InChI=1S/C10H12N2S/c1-6(2)10-9-8(5-13-10)4-11-7(3)12-9/h4-6H,1-3H3. The molecule has 0 saturated carbocycles. The van der Waals surface area contributed by atoms with Gasteiger partial charge in [0.15, 0.2) is 0 Å². The zero-order chi connectivity index (χ0) is 9.42. The van der Waals surface area contributed by atoms with E-state index in [0.717, 1.165) is 11.3 Å². The second-order valence-electron chi connectivity index (χ2n) is 3.48. The SMILES string of the molecule is Cc1ncc2csc(C(C)C)c2n1. The van der Waals surface area contributed by atoms with Crippen molar-refractivity contribution in [2.45, 2.75) is 26.7 Å². The van der Waals surface area contributed by atoms with Crippen LogP contribution in [0.25, 0.3) is 10.9 Å². The van der Waals surface area contributed by atoms with Gasteiger partial charge in [-0.05, 0) is 12.8 Å². The van der Waals surface area contributed by atoms with Crippen LogP contribution in [0.4, 0.5) is 0 Å². The van der Waals surface area contributed by atoms with Crippen molar-refractivity contribution in [3.63, 3.8) is 0 Å². The highest BCUT2D eigenvalue weighted by Gasteiger charge is 2.09. The van der Waals surface area contributed by atoms with Crippen LogP contribution >= 0.6 is 11.3 Å². The molecular weight excluding hydrogens is 180 g/mol. The van der Waals surface area contributed by atoms with Crippen LogP contribution in [0, 0.1) is 6.92 Å². The van der Waals surface area contributed by atoms with Gasteiger partial charge in [0.2, 0.25) is 0 Å². The van der Waals surface area contributed by atoms with Crippen LogP contribution in [0.1, 0.15) is 30.5 Å². The average Bonchev–Trinajstić information content (AvgIpc) is 2.46. The fourth-order valence-corrected chi connectivity index (χ4v) is 2.33. The predicted molar refractivity (Wildman–Crippen MR) is 56.2 cm³/mol. The Morgan fingerprint density at radius 1 is 1.38 bits per heavy atom. The molecule has 0 aliphatic carbocycles. The summed E-state index contributed by atoms with van der Waals surface area (Å²) in [6, 6.07) is 0. The van der Waals surface area contributed by atoms with Crippen molar-refractivity contribution in [2.24, 2.45) is 0 Å². The van der Waals surface area contributed by atoms with E-state index in [9.17, 15) is 0 Å². The van der Waals surface area contributed by atoms with Gasteiger partial charge in [0.25, 0.3) is 0 Å². The van der Waals surface area contributed by atoms with Crippen LogP contribution < -0.4 is 0 Å². The summed E-state index contributed by atoms with van der Waals surface area (Å²) >= 11 is 1.78. The normalized spacial score (nSPS) is 11.4. The molecule has 13 heavy (non-hydrogen) atoms. The number of fused-ring (bicyclic) bond motifs is 1. The Bertz CT molecular complexity index is 431. The van der Waals surface area contributed by atoms with Crippen LogP contribution in [0.2, 0.25) is 0 Å². The summed E-state index contributed by atoms with van der Waals surface area (Å²) < 4.78 is 0. The molecule has 0 atom stereocenters. The first kappa shape index (κ1) is 8.63. The molecule has 2 aromatic rings. The Labute approximate surface area is 81.7 Å². The Morgan fingerprint density at radius 3 is 2.85 bits per heavy atom. The fraction of sp³-hybridized carbons (Fsp3) is 0.400. The molecule has 2 nitrogen and oxygen atoms in total. The highest BCUT2D eigenvalue weighted by molar-refractivity contribution is 7.11. The summed E-state index contributed by atoms with van der Waals surface area (Å²) in [4.78, 5) is 9.99. The number of thiophene rings is 1. The smallest absolute Gasteiger partial charge is 0.125 e. The fourth-order valence-electron chi connectivity index (χ4n) is 1.36. The first-order valence-corrected chi connectivity index (χ1v) is 5.27. The summed E-state index contributed by atoms with van der Waals surface area (Å²) in [5.74, 6) is 1.41. The van der Waals surface area contributed by atoms with Gasteiger partial charge in [-0.15, -0.1) is 11.3 Å². The third-order valence-electron chi connectivity index (χ3n) is 2.01. The lowest BCUT2D eigenvalue weighted by Gasteiger charge is -2.00. The van der Waals surface area contributed by atoms with Crippen molar-refractivity contribution < 1.29 is 0 Å². The van der Waals surface area contributed by atoms with Crippen LogP contribution in [0.3, 0.4) is 0 Å². The Hall–Kier alpha value is -0.960. The van der Waals surface area contributed by atoms with Crippen LogP contribution in [-0.4, -0.2) is 9.97 Å². The zero-order valence-corrected chi connectivity index (χ0v) is 8.85. The van der Waals surface area contributed by atoms with E-state index >= 15 is 0 Å². The highest BCUT2D eigenvalue weighted by Crippen LogP contribution is 2.29. The van der Waals surface area contributed by atoms with Crippen LogP contribution in [-0.2, 0) is 0 Å². The molecule has 0 fully saturated rings. The number of hydrogen-bond acceptors (Lipinski definition) is 3. The lowest BCUT2D eigenvalue weighted by molar-refractivity contribution is 0.892. The lowest BCUT2D eigenvalue weighted by Crippen LogP contribution is -1.89. The maximum absolute atomic E-state index is 4.46. The van der Waals surface area contributed by atoms with Crippen molar-refractivity contribution in [3.8, 4) is 0 Å². The van der Waals surface area contributed by atoms with Crippen LogP contribution in [0.15, 0.2) is 11.6 Å². The third-order valence-corrected chi connectivity index (χ3v) is 3.30. The van der Waals surface area contributed by atoms with Crippen molar-refractivity contribution in [1.29, 1.82) is 0 Å². The Kier molecular flexibility index (Phi) is 2.04. The van der Waals surface area contributed by atoms with E-state index in [1.165, 1.54) is 10.3 Å². The average molecular weight is 192 g/mol. The van der Waals surface area contributed by atoms with Crippen molar-refractivity contribution >= 4 is 22.2 Å². The summed E-state index contributed by atoms with van der Waals surface area (Å²) in [7, 11) is 0. The van der Waals surface area contributed by atoms with Crippen molar-refractivity contribution in [3.05, 3.63) is 22.3 Å². The molecular formula is C10H12N2S. The molecule has 0 bridgehead atoms. The number of aromatic nitrogens is 2. The van der Waals surface area contributed by atoms with Gasteiger partial charge < -0.3 is 0 Å². The van der Waals surface area contributed by atoms with Gasteiger partial charge in [-0.1, -0.05) is 13.8 Å². The molecule has 0 saturated heterocycles. The summed E-state index contributed by atoms with van der Waals surface area (Å²) in [5, 5.41) is 3.30. The monoisotopic (exact) mass is 192 g/mol. The Morgan fingerprint density at radius 2 is 2.15 bits per heavy atom. The molecule has 0 aliphatic rings. The molecule has 3 heteroatoms. The van der Waals surface area contributed by atoms with E-state index in [1.54, 1.807) is 11.3 Å². The maximum Gasteiger partial charge on any atom is 0.125 e. The number of hydrogen-bond donors (Lipinski definition) is 0. The molecule has 0 radical (unpaired) electrons. The number of aryl methyl sites for hydroxylation is 1. The quantitative estimate of drug-likeness (QED) is 0.693. The van der Waals surface area contributed by atoms with E-state index in [1.807, 2.05) is 13.1 Å². The minimum Gasteiger partial charge on any atom is -0.241 e. The van der Waals surface area contributed by atoms with Gasteiger partial charge in [0, 0.05) is 21.8 Å². The predicted octanol–water partition coefficient (Wildman–Crippen LogP) is 3.12. The van der Waals surface area contributed by atoms with Gasteiger partial charge >= 0.3 is 0 Å². The minimum atomic E-state index is 0.553. The largest absolute Gasteiger partial charge is 0.241 e. The summed E-state index contributed by atoms with van der Waals surface area (Å²) in [6.45, 7) is 6.33. The molecule has 68 valence electrons. The molecule has 2 aromatic heterocycles. The van der Waals surface area contributed by atoms with Gasteiger partial charge in [-0.3, -0.25) is 0 Å². The van der Waals surface area contributed by atoms with E-state index in [2.05, 4.69) is 29.2 Å². The molecule has 0 spiro atoms. The van der Waals surface area contributed by atoms with Crippen molar-refractivity contribution in [2.75, 3.05) is 0 Å². The second-order valence-corrected chi connectivity index (χ2v) is 4.39. The van der Waals surface area contributed by atoms with E-state index in [0.29, 0.717) is 5.92 Å². The molecule has 0 N–H and O–H groups in total. The molecule has 2 heterocycles.